The molecule has 3 aromatic rings. The molecule has 0 fully saturated rings. The molecule has 0 aliphatic heterocycles. The van der Waals surface area contributed by atoms with Crippen molar-refractivity contribution in [2.75, 3.05) is 0 Å². The molecule has 3 rings (SSSR count). The molecule has 0 saturated heterocycles. The molecule has 0 saturated carbocycles. The number of carbonyl (C=O) groups is 1. The normalized spacial score (nSPS) is 10.8. The molecule has 0 radical (unpaired) electrons. The molecule has 0 bridgehead atoms. The minimum atomic E-state index is -0.656. The molecule has 7 heteroatoms. The first-order chi connectivity index (χ1) is 12.5. The standard InChI is InChI=1S/C19H12Cl2N2O3/c20-14-3-5-16(6-4-14)23-11-13-8-15(21)9-17(18(13)24)26-19(25)12-2-1-7-22-10-12/h1-11,24H. The lowest BCUT2D eigenvalue weighted by Gasteiger charge is -2.09. The zero-order valence-corrected chi connectivity index (χ0v) is 14.8. The number of ether oxygens (including phenoxy) is 1. The number of aromatic nitrogens is 1. The summed E-state index contributed by atoms with van der Waals surface area (Å²) in [4.78, 5) is 20.2. The molecule has 0 aliphatic rings. The van der Waals surface area contributed by atoms with Crippen LogP contribution in [-0.4, -0.2) is 22.3 Å². The average molecular weight is 387 g/mol. The Morgan fingerprint density at radius 3 is 2.58 bits per heavy atom. The highest BCUT2D eigenvalue weighted by atomic mass is 35.5. The van der Waals surface area contributed by atoms with E-state index in [0.717, 1.165) is 0 Å². The van der Waals surface area contributed by atoms with E-state index >= 15 is 0 Å². The second-order valence-electron chi connectivity index (χ2n) is 5.21. The number of benzene rings is 2. The average Bonchev–Trinajstić information content (AvgIpc) is 2.65. The summed E-state index contributed by atoms with van der Waals surface area (Å²) < 4.78 is 5.23. The van der Waals surface area contributed by atoms with Crippen molar-refractivity contribution in [3.63, 3.8) is 0 Å². The fourth-order valence-corrected chi connectivity index (χ4v) is 2.43. The topological polar surface area (TPSA) is 71.8 Å². The van der Waals surface area contributed by atoms with Gasteiger partial charge in [-0.25, -0.2) is 4.79 Å². The number of rotatable bonds is 4. The van der Waals surface area contributed by atoms with Gasteiger partial charge < -0.3 is 9.84 Å². The zero-order chi connectivity index (χ0) is 18.5. The Morgan fingerprint density at radius 1 is 1.12 bits per heavy atom. The van der Waals surface area contributed by atoms with Crippen LogP contribution in [0, 0.1) is 0 Å². The summed E-state index contributed by atoms with van der Waals surface area (Å²) in [5.41, 5.74) is 1.20. The fraction of sp³-hybridized carbons (Fsp3) is 0. The van der Waals surface area contributed by atoms with Crippen LogP contribution in [0.15, 0.2) is 65.9 Å². The van der Waals surface area contributed by atoms with Crippen molar-refractivity contribution in [3.05, 3.63) is 82.1 Å². The zero-order valence-electron chi connectivity index (χ0n) is 13.3. The van der Waals surface area contributed by atoms with Crippen LogP contribution in [-0.2, 0) is 0 Å². The van der Waals surface area contributed by atoms with E-state index in [1.165, 1.54) is 24.5 Å². The number of hydrogen-bond acceptors (Lipinski definition) is 5. The third-order valence-corrected chi connectivity index (χ3v) is 3.82. The van der Waals surface area contributed by atoms with Crippen molar-refractivity contribution in [1.29, 1.82) is 0 Å². The molecule has 0 amide bonds. The molecule has 1 heterocycles. The molecular weight excluding hydrogens is 375 g/mol. The molecule has 0 spiro atoms. The van der Waals surface area contributed by atoms with E-state index < -0.39 is 5.97 Å². The number of pyridine rings is 1. The van der Waals surface area contributed by atoms with Gasteiger partial charge in [0.2, 0.25) is 0 Å². The molecule has 0 aliphatic carbocycles. The maximum absolute atomic E-state index is 12.1. The summed E-state index contributed by atoms with van der Waals surface area (Å²) in [7, 11) is 0. The van der Waals surface area contributed by atoms with Gasteiger partial charge in [0.15, 0.2) is 11.5 Å². The predicted octanol–water partition coefficient (Wildman–Crippen LogP) is 5.06. The highest BCUT2D eigenvalue weighted by Crippen LogP contribution is 2.33. The van der Waals surface area contributed by atoms with Gasteiger partial charge in [-0.1, -0.05) is 23.2 Å². The lowest BCUT2D eigenvalue weighted by atomic mass is 10.2. The van der Waals surface area contributed by atoms with E-state index in [0.29, 0.717) is 16.3 Å². The molecule has 26 heavy (non-hydrogen) atoms. The molecule has 0 unspecified atom stereocenters. The van der Waals surface area contributed by atoms with Crippen molar-refractivity contribution >= 4 is 41.1 Å². The van der Waals surface area contributed by atoms with Crippen LogP contribution in [0.2, 0.25) is 10.0 Å². The minimum Gasteiger partial charge on any atom is -0.504 e. The quantitative estimate of drug-likeness (QED) is 0.386. The molecule has 2 aromatic carbocycles. The Labute approximate surface area is 159 Å². The number of hydrogen-bond donors (Lipinski definition) is 1. The van der Waals surface area contributed by atoms with E-state index in [2.05, 4.69) is 9.98 Å². The van der Waals surface area contributed by atoms with Crippen LogP contribution >= 0.6 is 23.2 Å². The van der Waals surface area contributed by atoms with Crippen LogP contribution < -0.4 is 4.74 Å². The van der Waals surface area contributed by atoms with Gasteiger partial charge in [-0.2, -0.15) is 0 Å². The third kappa shape index (κ3) is 4.39. The van der Waals surface area contributed by atoms with Crippen LogP contribution in [0.3, 0.4) is 0 Å². The maximum atomic E-state index is 12.1. The van der Waals surface area contributed by atoms with Crippen LogP contribution in [0.4, 0.5) is 5.69 Å². The van der Waals surface area contributed by atoms with E-state index in [1.807, 2.05) is 0 Å². The minimum absolute atomic E-state index is 0.0658. The first-order valence-corrected chi connectivity index (χ1v) is 8.23. The van der Waals surface area contributed by atoms with Crippen molar-refractivity contribution in [2.24, 2.45) is 4.99 Å². The SMILES string of the molecule is O=C(Oc1cc(Cl)cc(C=Nc2ccc(Cl)cc2)c1O)c1cccnc1. The Morgan fingerprint density at radius 2 is 1.88 bits per heavy atom. The fourth-order valence-electron chi connectivity index (χ4n) is 2.08. The number of esters is 1. The van der Waals surface area contributed by atoms with Crippen LogP contribution in [0.25, 0.3) is 0 Å². The Kier molecular flexibility index (Phi) is 5.51. The number of aliphatic imine (C=N–C) groups is 1. The van der Waals surface area contributed by atoms with Crippen LogP contribution in [0.5, 0.6) is 11.5 Å². The number of aromatic hydroxyl groups is 1. The molecule has 5 nitrogen and oxygen atoms in total. The first-order valence-electron chi connectivity index (χ1n) is 7.47. The number of phenolic OH excluding ortho intramolecular Hbond substituents is 1. The summed E-state index contributed by atoms with van der Waals surface area (Å²) in [6.07, 6.45) is 4.33. The number of halogens is 2. The summed E-state index contributed by atoms with van der Waals surface area (Å²) in [5.74, 6) is -0.968. The smallest absolute Gasteiger partial charge is 0.345 e. The van der Waals surface area contributed by atoms with Gasteiger partial charge in [0, 0.05) is 40.3 Å². The van der Waals surface area contributed by atoms with Crippen LogP contribution in [0.1, 0.15) is 15.9 Å². The summed E-state index contributed by atoms with van der Waals surface area (Å²) in [6, 6.07) is 12.9. The number of carbonyl (C=O) groups excluding carboxylic acids is 1. The van der Waals surface area contributed by atoms with Crippen molar-refractivity contribution in [1.82, 2.24) is 4.98 Å². The maximum Gasteiger partial charge on any atom is 0.345 e. The molecule has 1 N–H and O–H groups in total. The predicted molar refractivity (Wildman–Crippen MR) is 101 cm³/mol. The van der Waals surface area contributed by atoms with Gasteiger partial charge in [-0.3, -0.25) is 9.98 Å². The van der Waals surface area contributed by atoms with Gasteiger partial charge in [-0.05, 0) is 42.5 Å². The third-order valence-electron chi connectivity index (χ3n) is 3.35. The molecular formula is C19H12Cl2N2O3. The van der Waals surface area contributed by atoms with Gasteiger partial charge in [0.1, 0.15) is 0 Å². The van der Waals surface area contributed by atoms with Crippen molar-refractivity contribution < 1.29 is 14.6 Å². The second-order valence-corrected chi connectivity index (χ2v) is 6.08. The monoisotopic (exact) mass is 386 g/mol. The Balaban J connectivity index is 1.86. The van der Waals surface area contributed by atoms with Gasteiger partial charge in [0.05, 0.1) is 11.3 Å². The van der Waals surface area contributed by atoms with E-state index in [9.17, 15) is 9.90 Å². The first kappa shape index (κ1) is 17.9. The van der Waals surface area contributed by atoms with Gasteiger partial charge in [0.25, 0.3) is 0 Å². The number of nitrogens with zero attached hydrogens (tertiary/aromatic N) is 2. The molecule has 130 valence electrons. The summed E-state index contributed by atoms with van der Waals surface area (Å²) >= 11 is 11.9. The molecule has 1 aromatic heterocycles. The molecule has 0 atom stereocenters. The highest BCUT2D eigenvalue weighted by molar-refractivity contribution is 6.31. The summed E-state index contributed by atoms with van der Waals surface area (Å²) in [5, 5.41) is 11.3. The Hall–Kier alpha value is -2.89. The lowest BCUT2D eigenvalue weighted by Crippen LogP contribution is -2.09. The Bertz CT molecular complexity index is 959. The van der Waals surface area contributed by atoms with Crippen molar-refractivity contribution in [3.8, 4) is 11.5 Å². The van der Waals surface area contributed by atoms with Crippen molar-refractivity contribution in [2.45, 2.75) is 0 Å². The lowest BCUT2D eigenvalue weighted by molar-refractivity contribution is 0.0729. The van der Waals surface area contributed by atoms with E-state index in [1.54, 1.807) is 42.6 Å². The van der Waals surface area contributed by atoms with Gasteiger partial charge in [-0.15, -0.1) is 0 Å². The highest BCUT2D eigenvalue weighted by Gasteiger charge is 2.15. The van der Waals surface area contributed by atoms with Gasteiger partial charge >= 0.3 is 5.97 Å². The summed E-state index contributed by atoms with van der Waals surface area (Å²) in [6.45, 7) is 0. The van der Waals surface area contributed by atoms with E-state index in [4.69, 9.17) is 27.9 Å². The van der Waals surface area contributed by atoms with E-state index in [-0.39, 0.29) is 22.1 Å². The largest absolute Gasteiger partial charge is 0.504 e. The second kappa shape index (κ2) is 7.99. The number of phenols is 1.